The first-order valence-electron chi connectivity index (χ1n) is 7.39. The van der Waals surface area contributed by atoms with Gasteiger partial charge in [0, 0.05) is 17.3 Å². The van der Waals surface area contributed by atoms with Crippen molar-refractivity contribution in [3.8, 4) is 0 Å². The number of nitrogens with one attached hydrogen (secondary N) is 1. The Labute approximate surface area is 140 Å². The van der Waals surface area contributed by atoms with Crippen LogP contribution in [0, 0.1) is 5.92 Å². The molecule has 5 nitrogen and oxygen atoms in total. The second kappa shape index (κ2) is 7.44. The van der Waals surface area contributed by atoms with Crippen LogP contribution in [0.15, 0.2) is 47.4 Å². The number of amides is 1. The van der Waals surface area contributed by atoms with Crippen molar-refractivity contribution in [3.63, 3.8) is 0 Å². The van der Waals surface area contributed by atoms with Crippen LogP contribution in [-0.2, 0) is 11.3 Å². The molecule has 2 aromatic rings. The van der Waals surface area contributed by atoms with E-state index in [0.717, 1.165) is 5.56 Å². The van der Waals surface area contributed by atoms with Crippen molar-refractivity contribution in [3.05, 3.63) is 63.5 Å². The molecule has 0 aliphatic heterocycles. The molecule has 3 N–H and O–H groups in total. The largest absolute Gasteiger partial charge is 0.323 e. The predicted octanol–water partition coefficient (Wildman–Crippen LogP) is 2.47. The lowest BCUT2D eigenvalue weighted by Gasteiger charge is -2.16. The third-order valence-electron chi connectivity index (χ3n) is 3.57. The molecule has 0 spiro atoms. The minimum Gasteiger partial charge on any atom is -0.323 e. The van der Waals surface area contributed by atoms with Gasteiger partial charge in [-0.05, 0) is 23.6 Å². The van der Waals surface area contributed by atoms with Gasteiger partial charge >= 0.3 is 0 Å². The predicted molar refractivity (Wildman–Crippen MR) is 92.7 cm³/mol. The highest BCUT2D eigenvalue weighted by atomic mass is 35.5. The number of carbonyl (C=O) groups is 1. The first kappa shape index (κ1) is 17.2. The third-order valence-corrected chi connectivity index (χ3v) is 3.94. The number of aromatic nitrogens is 1. The summed E-state index contributed by atoms with van der Waals surface area (Å²) >= 11 is 6.13. The standard InChI is InChI=1S/C17H20ClN3O2/c1-11(2)16(19)17(23)20-13-7-8-15(22)21(10-13)9-12-5-3-4-6-14(12)18/h3-8,10-11,16H,9,19H2,1-2H3,(H,20,23)/t16-/m0/s1. The summed E-state index contributed by atoms with van der Waals surface area (Å²) in [7, 11) is 0. The molecule has 0 saturated heterocycles. The van der Waals surface area contributed by atoms with Crippen LogP contribution in [-0.4, -0.2) is 16.5 Å². The van der Waals surface area contributed by atoms with E-state index in [2.05, 4.69) is 5.32 Å². The molecule has 0 saturated carbocycles. The van der Waals surface area contributed by atoms with Gasteiger partial charge in [-0.2, -0.15) is 0 Å². The molecule has 0 fully saturated rings. The summed E-state index contributed by atoms with van der Waals surface area (Å²) in [5.74, 6) is -0.244. The lowest BCUT2D eigenvalue weighted by atomic mass is 10.1. The van der Waals surface area contributed by atoms with Gasteiger partial charge in [-0.15, -0.1) is 0 Å². The maximum Gasteiger partial charge on any atom is 0.250 e. The number of hydrogen-bond donors (Lipinski definition) is 2. The normalized spacial score (nSPS) is 12.2. The zero-order chi connectivity index (χ0) is 17.0. The van der Waals surface area contributed by atoms with Crippen molar-refractivity contribution in [2.75, 3.05) is 5.32 Å². The molecule has 1 atom stereocenters. The van der Waals surface area contributed by atoms with Crippen LogP contribution >= 0.6 is 11.6 Å². The van der Waals surface area contributed by atoms with E-state index in [0.29, 0.717) is 17.3 Å². The van der Waals surface area contributed by atoms with Gasteiger partial charge in [-0.3, -0.25) is 9.59 Å². The molecule has 0 radical (unpaired) electrons. The van der Waals surface area contributed by atoms with Crippen LogP contribution in [0.3, 0.4) is 0 Å². The van der Waals surface area contributed by atoms with Gasteiger partial charge in [0.2, 0.25) is 5.91 Å². The van der Waals surface area contributed by atoms with Crippen molar-refractivity contribution in [2.45, 2.75) is 26.4 Å². The summed E-state index contributed by atoms with van der Waals surface area (Å²) in [4.78, 5) is 24.0. The average Bonchev–Trinajstić information content (AvgIpc) is 2.51. The Morgan fingerprint density at radius 3 is 2.61 bits per heavy atom. The van der Waals surface area contributed by atoms with Crippen LogP contribution in [0.25, 0.3) is 0 Å². The highest BCUT2D eigenvalue weighted by molar-refractivity contribution is 6.31. The first-order chi connectivity index (χ1) is 10.9. The molecular weight excluding hydrogens is 314 g/mol. The van der Waals surface area contributed by atoms with Crippen LogP contribution in [0.5, 0.6) is 0 Å². The fourth-order valence-corrected chi connectivity index (χ4v) is 2.26. The summed E-state index contributed by atoms with van der Waals surface area (Å²) in [5.41, 5.74) is 7.01. The van der Waals surface area contributed by atoms with Gasteiger partial charge in [0.05, 0.1) is 18.3 Å². The van der Waals surface area contributed by atoms with Crippen molar-refractivity contribution in [1.82, 2.24) is 4.57 Å². The zero-order valence-corrected chi connectivity index (χ0v) is 13.9. The second-order valence-electron chi connectivity index (χ2n) is 5.73. The van der Waals surface area contributed by atoms with E-state index in [4.69, 9.17) is 17.3 Å². The summed E-state index contributed by atoms with van der Waals surface area (Å²) in [5, 5.41) is 3.33. The first-order valence-corrected chi connectivity index (χ1v) is 7.76. The van der Waals surface area contributed by atoms with Crippen molar-refractivity contribution in [2.24, 2.45) is 11.7 Å². The topological polar surface area (TPSA) is 77.1 Å². The average molecular weight is 334 g/mol. The van der Waals surface area contributed by atoms with Gasteiger partial charge in [-0.1, -0.05) is 43.6 Å². The quantitative estimate of drug-likeness (QED) is 0.882. The number of benzene rings is 1. The molecule has 1 aromatic heterocycles. The number of nitrogens with two attached hydrogens (primary N) is 1. The Morgan fingerprint density at radius 2 is 1.96 bits per heavy atom. The lowest BCUT2D eigenvalue weighted by molar-refractivity contribution is -0.118. The summed E-state index contributed by atoms with van der Waals surface area (Å²) < 4.78 is 1.50. The number of pyridine rings is 1. The minimum atomic E-state index is -0.598. The highest BCUT2D eigenvalue weighted by Crippen LogP contribution is 2.16. The molecule has 23 heavy (non-hydrogen) atoms. The molecule has 1 aromatic carbocycles. The smallest absolute Gasteiger partial charge is 0.250 e. The maximum atomic E-state index is 12.0. The number of hydrogen-bond acceptors (Lipinski definition) is 3. The van der Waals surface area contributed by atoms with Crippen LogP contribution in [0.4, 0.5) is 5.69 Å². The SMILES string of the molecule is CC(C)[C@H](N)C(=O)Nc1ccc(=O)n(Cc2ccccc2Cl)c1. The van der Waals surface area contributed by atoms with Gasteiger partial charge < -0.3 is 15.6 Å². The van der Waals surface area contributed by atoms with Crippen LogP contribution in [0.1, 0.15) is 19.4 Å². The Morgan fingerprint density at radius 1 is 1.26 bits per heavy atom. The molecule has 1 amide bonds. The van der Waals surface area contributed by atoms with E-state index < -0.39 is 6.04 Å². The fraction of sp³-hybridized carbons (Fsp3) is 0.294. The number of carbonyl (C=O) groups excluding carboxylic acids is 1. The Bertz CT molecular complexity index is 755. The molecular formula is C17H20ClN3O2. The van der Waals surface area contributed by atoms with Gasteiger partial charge in [0.25, 0.3) is 5.56 Å². The molecule has 1 heterocycles. The Hall–Kier alpha value is -2.11. The second-order valence-corrected chi connectivity index (χ2v) is 6.14. The fourth-order valence-electron chi connectivity index (χ4n) is 2.07. The van der Waals surface area contributed by atoms with E-state index in [9.17, 15) is 9.59 Å². The van der Waals surface area contributed by atoms with Crippen molar-refractivity contribution < 1.29 is 4.79 Å². The number of anilines is 1. The highest BCUT2D eigenvalue weighted by Gasteiger charge is 2.17. The van der Waals surface area contributed by atoms with E-state index in [1.165, 1.54) is 10.6 Å². The van der Waals surface area contributed by atoms with Crippen LogP contribution in [0.2, 0.25) is 5.02 Å². The van der Waals surface area contributed by atoms with E-state index in [1.54, 1.807) is 18.3 Å². The van der Waals surface area contributed by atoms with E-state index in [-0.39, 0.29) is 17.4 Å². The van der Waals surface area contributed by atoms with Gasteiger partial charge in [-0.25, -0.2) is 0 Å². The molecule has 0 bridgehead atoms. The summed E-state index contributed by atoms with van der Waals surface area (Å²) in [6, 6.07) is 9.70. The molecule has 2 rings (SSSR count). The Kier molecular flexibility index (Phi) is 5.58. The molecule has 0 unspecified atom stereocenters. The number of rotatable bonds is 5. The molecule has 0 aliphatic rings. The monoisotopic (exact) mass is 333 g/mol. The summed E-state index contributed by atoms with van der Waals surface area (Å²) in [6.07, 6.45) is 1.59. The zero-order valence-electron chi connectivity index (χ0n) is 13.1. The molecule has 6 heteroatoms. The van der Waals surface area contributed by atoms with E-state index in [1.807, 2.05) is 32.0 Å². The van der Waals surface area contributed by atoms with Gasteiger partial charge in [0.15, 0.2) is 0 Å². The maximum absolute atomic E-state index is 12.0. The third kappa shape index (κ3) is 4.43. The van der Waals surface area contributed by atoms with Crippen molar-refractivity contribution in [1.29, 1.82) is 0 Å². The number of nitrogens with zero attached hydrogens (tertiary/aromatic N) is 1. The Balaban J connectivity index is 2.21. The molecule has 0 aliphatic carbocycles. The summed E-state index contributed by atoms with van der Waals surface area (Å²) in [6.45, 7) is 4.09. The molecule has 122 valence electrons. The van der Waals surface area contributed by atoms with E-state index >= 15 is 0 Å². The number of halogens is 1. The lowest BCUT2D eigenvalue weighted by Crippen LogP contribution is -2.40. The van der Waals surface area contributed by atoms with Crippen molar-refractivity contribution >= 4 is 23.2 Å². The minimum absolute atomic E-state index is 0.0315. The van der Waals surface area contributed by atoms with Gasteiger partial charge in [0.1, 0.15) is 0 Å². The van der Waals surface area contributed by atoms with Crippen LogP contribution < -0.4 is 16.6 Å².